The molecule has 0 aliphatic heterocycles. The van der Waals surface area contributed by atoms with Gasteiger partial charge in [-0.3, -0.25) is 4.79 Å². The average Bonchev–Trinajstić information content (AvgIpc) is 2.96. The third-order valence-corrected chi connectivity index (χ3v) is 4.29. The summed E-state index contributed by atoms with van der Waals surface area (Å²) < 4.78 is 0. The zero-order chi connectivity index (χ0) is 14.7. The highest BCUT2D eigenvalue weighted by Gasteiger charge is 2.19. The molecule has 0 bridgehead atoms. The molecule has 0 spiro atoms. The summed E-state index contributed by atoms with van der Waals surface area (Å²) in [5.41, 5.74) is 4.83. The van der Waals surface area contributed by atoms with Crippen LogP contribution in [0, 0.1) is 0 Å². The van der Waals surface area contributed by atoms with Crippen LogP contribution in [0.25, 0.3) is 0 Å². The Bertz CT molecular complexity index is 633. The summed E-state index contributed by atoms with van der Waals surface area (Å²) in [6.07, 6.45) is 4.34. The minimum atomic E-state index is -0.0838. The van der Waals surface area contributed by atoms with Crippen molar-refractivity contribution in [1.29, 1.82) is 0 Å². The number of rotatable bonds is 4. The van der Waals surface area contributed by atoms with Gasteiger partial charge in [0.05, 0.1) is 5.92 Å². The summed E-state index contributed by atoms with van der Waals surface area (Å²) in [6, 6.07) is 16.3. The van der Waals surface area contributed by atoms with Crippen molar-refractivity contribution in [3.63, 3.8) is 0 Å². The van der Waals surface area contributed by atoms with Gasteiger partial charge in [0, 0.05) is 5.69 Å². The van der Waals surface area contributed by atoms with Crippen LogP contribution in [0.3, 0.4) is 0 Å². The number of amides is 1. The normalized spacial score (nSPS) is 14.5. The first-order valence-electron chi connectivity index (χ1n) is 7.75. The molecule has 1 amide bonds. The van der Waals surface area contributed by atoms with Crippen LogP contribution in [0.4, 0.5) is 5.69 Å². The van der Waals surface area contributed by atoms with Crippen molar-refractivity contribution in [2.45, 2.75) is 38.5 Å². The summed E-state index contributed by atoms with van der Waals surface area (Å²) in [5, 5.41) is 3.08. The number of hydrogen-bond acceptors (Lipinski definition) is 1. The first-order valence-corrected chi connectivity index (χ1v) is 7.75. The van der Waals surface area contributed by atoms with E-state index in [2.05, 4.69) is 24.4 Å². The number of fused-ring (bicyclic) bond motifs is 1. The third-order valence-electron chi connectivity index (χ3n) is 4.29. The van der Waals surface area contributed by atoms with Gasteiger partial charge >= 0.3 is 0 Å². The van der Waals surface area contributed by atoms with Crippen LogP contribution < -0.4 is 5.32 Å². The minimum absolute atomic E-state index is 0.0838. The number of carbonyl (C=O) groups excluding carboxylic acids is 1. The quantitative estimate of drug-likeness (QED) is 0.888. The highest BCUT2D eigenvalue weighted by Crippen LogP contribution is 2.26. The van der Waals surface area contributed by atoms with Crippen LogP contribution >= 0.6 is 0 Å². The monoisotopic (exact) mass is 279 g/mol. The maximum absolute atomic E-state index is 12.5. The van der Waals surface area contributed by atoms with Crippen LogP contribution in [-0.2, 0) is 17.6 Å². The van der Waals surface area contributed by atoms with E-state index in [0.717, 1.165) is 24.1 Å². The van der Waals surface area contributed by atoms with E-state index in [1.807, 2.05) is 36.4 Å². The summed E-state index contributed by atoms with van der Waals surface area (Å²) in [4.78, 5) is 12.5. The average molecular weight is 279 g/mol. The van der Waals surface area contributed by atoms with E-state index in [0.29, 0.717) is 0 Å². The highest BCUT2D eigenvalue weighted by molar-refractivity contribution is 5.95. The van der Waals surface area contributed by atoms with E-state index in [1.54, 1.807) is 0 Å². The van der Waals surface area contributed by atoms with Gasteiger partial charge in [0.15, 0.2) is 0 Å². The van der Waals surface area contributed by atoms with Crippen molar-refractivity contribution in [1.82, 2.24) is 0 Å². The number of nitrogens with one attached hydrogen (secondary N) is 1. The van der Waals surface area contributed by atoms with Gasteiger partial charge in [-0.2, -0.15) is 0 Å². The number of aryl methyl sites for hydroxylation is 2. The molecular weight excluding hydrogens is 258 g/mol. The molecule has 2 nitrogen and oxygen atoms in total. The lowest BCUT2D eigenvalue weighted by Gasteiger charge is -2.16. The second-order valence-corrected chi connectivity index (χ2v) is 5.70. The molecule has 2 heteroatoms. The summed E-state index contributed by atoms with van der Waals surface area (Å²) >= 11 is 0. The molecule has 0 radical (unpaired) electrons. The van der Waals surface area contributed by atoms with E-state index in [-0.39, 0.29) is 11.8 Å². The van der Waals surface area contributed by atoms with Crippen molar-refractivity contribution in [3.05, 3.63) is 65.2 Å². The van der Waals surface area contributed by atoms with Crippen molar-refractivity contribution in [3.8, 4) is 0 Å². The molecule has 0 unspecified atom stereocenters. The zero-order valence-electron chi connectivity index (χ0n) is 12.4. The Kier molecular flexibility index (Phi) is 4.05. The Labute approximate surface area is 126 Å². The molecule has 1 aliphatic carbocycles. The molecule has 2 aromatic carbocycles. The lowest BCUT2D eigenvalue weighted by atomic mass is 9.95. The summed E-state index contributed by atoms with van der Waals surface area (Å²) in [6.45, 7) is 2.06. The molecule has 108 valence electrons. The molecule has 1 N–H and O–H groups in total. The molecule has 0 fully saturated rings. The van der Waals surface area contributed by atoms with E-state index >= 15 is 0 Å². The maximum Gasteiger partial charge on any atom is 0.231 e. The first-order chi connectivity index (χ1) is 10.3. The fourth-order valence-electron chi connectivity index (χ4n) is 3.14. The van der Waals surface area contributed by atoms with Gasteiger partial charge in [0.2, 0.25) is 5.91 Å². The Morgan fingerprint density at radius 1 is 1.10 bits per heavy atom. The van der Waals surface area contributed by atoms with Gasteiger partial charge in [-0.15, -0.1) is 0 Å². The van der Waals surface area contributed by atoms with Crippen LogP contribution in [0.1, 0.15) is 42.4 Å². The lowest BCUT2D eigenvalue weighted by molar-refractivity contribution is -0.117. The van der Waals surface area contributed by atoms with E-state index in [9.17, 15) is 4.79 Å². The van der Waals surface area contributed by atoms with Gasteiger partial charge in [-0.25, -0.2) is 0 Å². The number of hydrogen-bond donors (Lipinski definition) is 1. The zero-order valence-corrected chi connectivity index (χ0v) is 12.4. The largest absolute Gasteiger partial charge is 0.326 e. The van der Waals surface area contributed by atoms with Crippen molar-refractivity contribution in [2.75, 3.05) is 5.32 Å². The van der Waals surface area contributed by atoms with Crippen molar-refractivity contribution < 1.29 is 4.79 Å². The maximum atomic E-state index is 12.5. The standard InChI is InChI=1S/C19H21NO/c1-2-18(15-7-4-3-5-8-15)19(21)20-17-12-11-14-9-6-10-16(14)13-17/h3-5,7-8,11-13,18H,2,6,9-10H2,1H3,(H,20,21)/t18-/m0/s1. The second kappa shape index (κ2) is 6.13. The van der Waals surface area contributed by atoms with E-state index in [4.69, 9.17) is 0 Å². The van der Waals surface area contributed by atoms with Gasteiger partial charge in [0.25, 0.3) is 0 Å². The van der Waals surface area contributed by atoms with Crippen LogP contribution in [0.5, 0.6) is 0 Å². The summed E-state index contributed by atoms with van der Waals surface area (Å²) in [5.74, 6) is 0.00102. The van der Waals surface area contributed by atoms with Gasteiger partial charge in [-0.05, 0) is 54.5 Å². The van der Waals surface area contributed by atoms with Crippen molar-refractivity contribution in [2.24, 2.45) is 0 Å². The molecule has 0 saturated carbocycles. The minimum Gasteiger partial charge on any atom is -0.326 e. The van der Waals surface area contributed by atoms with E-state index in [1.165, 1.54) is 24.0 Å². The molecule has 21 heavy (non-hydrogen) atoms. The molecular formula is C19H21NO. The lowest BCUT2D eigenvalue weighted by Crippen LogP contribution is -2.20. The fourth-order valence-corrected chi connectivity index (χ4v) is 3.14. The van der Waals surface area contributed by atoms with E-state index < -0.39 is 0 Å². The number of benzene rings is 2. The first kappa shape index (κ1) is 13.9. The van der Waals surface area contributed by atoms with Crippen molar-refractivity contribution >= 4 is 11.6 Å². The molecule has 2 aromatic rings. The Morgan fingerprint density at radius 2 is 1.86 bits per heavy atom. The Hall–Kier alpha value is -2.09. The Morgan fingerprint density at radius 3 is 2.62 bits per heavy atom. The smallest absolute Gasteiger partial charge is 0.231 e. The van der Waals surface area contributed by atoms with Gasteiger partial charge in [0.1, 0.15) is 0 Å². The Balaban J connectivity index is 1.76. The molecule has 3 rings (SSSR count). The molecule has 1 atom stereocenters. The fraction of sp³-hybridized carbons (Fsp3) is 0.316. The van der Waals surface area contributed by atoms with Crippen LogP contribution in [0.15, 0.2) is 48.5 Å². The molecule has 0 saturated heterocycles. The predicted molar refractivity (Wildman–Crippen MR) is 86.6 cm³/mol. The SMILES string of the molecule is CC[C@H](C(=O)Nc1ccc2c(c1)CCC2)c1ccccc1. The highest BCUT2D eigenvalue weighted by atomic mass is 16.1. The topological polar surface area (TPSA) is 29.1 Å². The van der Waals surface area contributed by atoms with Crippen LogP contribution in [0.2, 0.25) is 0 Å². The predicted octanol–water partition coefficient (Wildman–Crippen LogP) is 4.31. The summed E-state index contributed by atoms with van der Waals surface area (Å²) in [7, 11) is 0. The molecule has 0 aromatic heterocycles. The van der Waals surface area contributed by atoms with Gasteiger partial charge in [-0.1, -0.05) is 43.3 Å². The molecule has 0 heterocycles. The number of anilines is 1. The number of carbonyl (C=O) groups is 1. The third kappa shape index (κ3) is 2.99. The molecule has 1 aliphatic rings. The van der Waals surface area contributed by atoms with Crippen LogP contribution in [-0.4, -0.2) is 5.91 Å². The van der Waals surface area contributed by atoms with Gasteiger partial charge < -0.3 is 5.32 Å². The second-order valence-electron chi connectivity index (χ2n) is 5.70.